The Morgan fingerprint density at radius 3 is 1.87 bits per heavy atom. The molecular weight excluding hydrogens is 282 g/mol. The van der Waals surface area contributed by atoms with Crippen LogP contribution in [0.3, 0.4) is 0 Å². The molecule has 0 saturated carbocycles. The van der Waals surface area contributed by atoms with Crippen LogP contribution in [-0.2, 0) is 0 Å². The average molecular weight is 303 g/mol. The lowest BCUT2D eigenvalue weighted by molar-refractivity contribution is 0.645. The Labute approximate surface area is 137 Å². The molecule has 0 radical (unpaired) electrons. The number of aromatic nitrogens is 1. The van der Waals surface area contributed by atoms with Crippen LogP contribution in [0.4, 0.5) is 0 Å². The van der Waals surface area contributed by atoms with Crippen LogP contribution in [0.1, 0.15) is 33.9 Å². The van der Waals surface area contributed by atoms with Gasteiger partial charge in [0, 0.05) is 11.8 Å². The Morgan fingerprint density at radius 2 is 1.35 bits per heavy atom. The fraction of sp³-hybridized carbons (Fsp3) is 0.190. The number of aryl methyl sites for hydroxylation is 3. The molecule has 23 heavy (non-hydrogen) atoms. The lowest BCUT2D eigenvalue weighted by atomic mass is 9.95. The largest absolute Gasteiger partial charge is 0.304 e. The van der Waals surface area contributed by atoms with Crippen molar-refractivity contribution >= 4 is 0 Å². The molecule has 0 amide bonds. The van der Waals surface area contributed by atoms with E-state index in [0.29, 0.717) is 0 Å². The molecule has 2 heteroatoms. The summed E-state index contributed by atoms with van der Waals surface area (Å²) in [5, 5.41) is 0. The van der Waals surface area contributed by atoms with E-state index in [1.165, 1.54) is 11.1 Å². The van der Waals surface area contributed by atoms with Gasteiger partial charge in [-0.25, -0.2) is 0 Å². The molecule has 0 bridgehead atoms. The first-order valence-electron chi connectivity index (χ1n) is 7.87. The van der Waals surface area contributed by atoms with Gasteiger partial charge in [-0.3, -0.25) is 4.79 Å². The first kappa shape index (κ1) is 15.3. The second-order valence-corrected chi connectivity index (χ2v) is 6.13. The average Bonchev–Trinajstić information content (AvgIpc) is 2.52. The van der Waals surface area contributed by atoms with Crippen LogP contribution in [0.2, 0.25) is 0 Å². The maximum Gasteiger partial charge on any atom is 0.254 e. The highest BCUT2D eigenvalue weighted by molar-refractivity contribution is 5.37. The molecule has 0 aliphatic heterocycles. The van der Waals surface area contributed by atoms with E-state index in [4.69, 9.17) is 0 Å². The highest BCUT2D eigenvalue weighted by Gasteiger charge is 2.18. The fourth-order valence-electron chi connectivity index (χ4n) is 3.02. The highest BCUT2D eigenvalue weighted by Crippen LogP contribution is 2.26. The first-order chi connectivity index (χ1) is 11.1. The van der Waals surface area contributed by atoms with Crippen molar-refractivity contribution in [2.75, 3.05) is 0 Å². The van der Waals surface area contributed by atoms with Gasteiger partial charge < -0.3 is 4.57 Å². The van der Waals surface area contributed by atoms with Gasteiger partial charge in [0.1, 0.15) is 0 Å². The Balaban J connectivity index is 2.26. The third-order valence-corrected chi connectivity index (χ3v) is 4.16. The molecular formula is C21H21NO. The van der Waals surface area contributed by atoms with Gasteiger partial charge in [-0.05, 0) is 38.0 Å². The Kier molecular flexibility index (Phi) is 4.16. The van der Waals surface area contributed by atoms with Gasteiger partial charge >= 0.3 is 0 Å². The van der Waals surface area contributed by atoms with Crippen LogP contribution in [-0.4, -0.2) is 4.57 Å². The number of hydrogen-bond donors (Lipinski definition) is 0. The van der Waals surface area contributed by atoms with Crippen molar-refractivity contribution in [2.45, 2.75) is 26.8 Å². The molecule has 2 aromatic carbocycles. The molecule has 1 aromatic heterocycles. The van der Waals surface area contributed by atoms with Crippen molar-refractivity contribution in [2.24, 2.45) is 0 Å². The zero-order valence-corrected chi connectivity index (χ0v) is 13.8. The smallest absolute Gasteiger partial charge is 0.254 e. The summed E-state index contributed by atoms with van der Waals surface area (Å²) in [6, 6.07) is 20.4. The third-order valence-electron chi connectivity index (χ3n) is 4.16. The van der Waals surface area contributed by atoms with Crippen LogP contribution >= 0.6 is 0 Å². The summed E-state index contributed by atoms with van der Waals surface area (Å²) in [5.41, 5.74) is 5.46. The Hall–Kier alpha value is -2.61. The van der Waals surface area contributed by atoms with Gasteiger partial charge in [-0.15, -0.1) is 0 Å². The lowest BCUT2D eigenvalue weighted by Crippen LogP contribution is -2.27. The van der Waals surface area contributed by atoms with Crippen LogP contribution in [0.25, 0.3) is 0 Å². The molecule has 0 aliphatic rings. The summed E-state index contributed by atoms with van der Waals surface area (Å²) in [4.78, 5) is 12.7. The molecule has 0 saturated heterocycles. The van der Waals surface area contributed by atoms with Crippen LogP contribution < -0.4 is 5.56 Å². The van der Waals surface area contributed by atoms with E-state index in [1.54, 1.807) is 0 Å². The quantitative estimate of drug-likeness (QED) is 0.702. The van der Waals surface area contributed by atoms with Crippen LogP contribution in [0.15, 0.2) is 71.7 Å². The Bertz CT molecular complexity index is 847. The maximum absolute atomic E-state index is 12.7. The van der Waals surface area contributed by atoms with Crippen molar-refractivity contribution in [1.29, 1.82) is 0 Å². The van der Waals surface area contributed by atoms with Crippen molar-refractivity contribution in [3.8, 4) is 0 Å². The minimum Gasteiger partial charge on any atom is -0.304 e. The van der Waals surface area contributed by atoms with Gasteiger partial charge in [-0.1, -0.05) is 65.7 Å². The molecule has 3 aromatic rings. The first-order valence-corrected chi connectivity index (χ1v) is 7.87. The standard InChI is InChI=1S/C21H21NO/c1-15-7-4-10-18(13-15)20(19-11-5-8-16(2)14-19)22-12-6-9-17(3)21(22)23/h4-14,20H,1-3H3. The molecule has 0 N–H and O–H groups in total. The lowest BCUT2D eigenvalue weighted by Gasteiger charge is -2.22. The van der Waals surface area contributed by atoms with Gasteiger partial charge in [0.05, 0.1) is 6.04 Å². The minimum absolute atomic E-state index is 0.0560. The molecule has 3 rings (SSSR count). The van der Waals surface area contributed by atoms with Gasteiger partial charge in [0.2, 0.25) is 0 Å². The SMILES string of the molecule is Cc1cccc(C(c2cccc(C)c2)n2cccc(C)c2=O)c1. The summed E-state index contributed by atoms with van der Waals surface area (Å²) in [5.74, 6) is 0. The molecule has 0 spiro atoms. The Morgan fingerprint density at radius 1 is 0.783 bits per heavy atom. The summed E-state index contributed by atoms with van der Waals surface area (Å²) < 4.78 is 1.83. The summed E-state index contributed by atoms with van der Waals surface area (Å²) >= 11 is 0. The van der Waals surface area contributed by atoms with Crippen molar-refractivity contribution < 1.29 is 0 Å². The number of hydrogen-bond acceptors (Lipinski definition) is 1. The van der Waals surface area contributed by atoms with Crippen molar-refractivity contribution in [3.63, 3.8) is 0 Å². The molecule has 1 heterocycles. The van der Waals surface area contributed by atoms with Gasteiger partial charge in [0.25, 0.3) is 5.56 Å². The number of rotatable bonds is 3. The fourth-order valence-corrected chi connectivity index (χ4v) is 3.02. The van der Waals surface area contributed by atoms with Gasteiger partial charge in [-0.2, -0.15) is 0 Å². The number of pyridine rings is 1. The maximum atomic E-state index is 12.7. The van der Waals surface area contributed by atoms with E-state index >= 15 is 0 Å². The molecule has 0 unspecified atom stereocenters. The summed E-state index contributed by atoms with van der Waals surface area (Å²) in [6.07, 6.45) is 1.88. The second-order valence-electron chi connectivity index (χ2n) is 6.13. The van der Waals surface area contributed by atoms with E-state index in [1.807, 2.05) is 42.0 Å². The highest BCUT2D eigenvalue weighted by atomic mass is 16.1. The molecule has 0 atom stereocenters. The van der Waals surface area contributed by atoms with Crippen LogP contribution in [0.5, 0.6) is 0 Å². The topological polar surface area (TPSA) is 22.0 Å². The van der Waals surface area contributed by atoms with Gasteiger partial charge in [0.15, 0.2) is 0 Å². The third kappa shape index (κ3) is 3.11. The van der Waals surface area contributed by atoms with E-state index < -0.39 is 0 Å². The normalized spacial score (nSPS) is 11.0. The van der Waals surface area contributed by atoms with E-state index in [2.05, 4.69) is 50.2 Å². The monoisotopic (exact) mass is 303 g/mol. The van der Waals surface area contributed by atoms with Crippen LogP contribution in [0, 0.1) is 20.8 Å². The van der Waals surface area contributed by atoms with E-state index in [0.717, 1.165) is 16.7 Å². The second kappa shape index (κ2) is 6.25. The van der Waals surface area contributed by atoms with E-state index in [-0.39, 0.29) is 11.6 Å². The molecule has 2 nitrogen and oxygen atoms in total. The van der Waals surface area contributed by atoms with Crippen molar-refractivity contribution in [3.05, 3.63) is 105 Å². The predicted octanol–water partition coefficient (Wildman–Crippen LogP) is 4.41. The zero-order valence-electron chi connectivity index (χ0n) is 13.8. The molecule has 116 valence electrons. The number of benzene rings is 2. The molecule has 0 aliphatic carbocycles. The van der Waals surface area contributed by atoms with E-state index in [9.17, 15) is 4.79 Å². The predicted molar refractivity (Wildman–Crippen MR) is 95.0 cm³/mol. The van der Waals surface area contributed by atoms with Crippen molar-refractivity contribution in [1.82, 2.24) is 4.57 Å². The minimum atomic E-state index is -0.109. The zero-order chi connectivity index (χ0) is 16.4. The summed E-state index contributed by atoms with van der Waals surface area (Å²) in [7, 11) is 0. The summed E-state index contributed by atoms with van der Waals surface area (Å²) in [6.45, 7) is 6.02. The molecule has 0 fully saturated rings. The number of nitrogens with zero attached hydrogens (tertiary/aromatic N) is 1.